The molecule has 3 heterocycles. The lowest BCUT2D eigenvalue weighted by Gasteiger charge is -2.23. The van der Waals surface area contributed by atoms with Crippen LogP contribution in [0.4, 0.5) is 0 Å². The molecule has 148 valence electrons. The summed E-state index contributed by atoms with van der Waals surface area (Å²) in [7, 11) is 0. The third-order valence-corrected chi connectivity index (χ3v) is 5.92. The van der Waals surface area contributed by atoms with Crippen LogP contribution in [0.1, 0.15) is 5.56 Å². The molecule has 0 saturated carbocycles. The fourth-order valence-corrected chi connectivity index (χ4v) is 4.26. The van der Waals surface area contributed by atoms with Crippen LogP contribution in [0.3, 0.4) is 0 Å². The SMILES string of the molecule is Cc1ccccc1-n1c(=O)c2ccccc2n2c(=S)n(C[NH+]3CCOCC3)nc12. The van der Waals surface area contributed by atoms with Crippen LogP contribution in [-0.4, -0.2) is 45.1 Å². The Bertz CT molecular complexity index is 1330. The maximum Gasteiger partial charge on any atom is 0.267 e. The molecule has 8 heteroatoms. The van der Waals surface area contributed by atoms with Gasteiger partial charge in [-0.1, -0.05) is 30.3 Å². The van der Waals surface area contributed by atoms with E-state index in [0.29, 0.717) is 22.6 Å². The van der Waals surface area contributed by atoms with Crippen LogP contribution in [-0.2, 0) is 11.4 Å². The van der Waals surface area contributed by atoms with E-state index in [0.717, 1.165) is 43.1 Å². The summed E-state index contributed by atoms with van der Waals surface area (Å²) in [5, 5.41) is 5.43. The summed E-state index contributed by atoms with van der Waals surface area (Å²) in [4.78, 5) is 14.8. The van der Waals surface area contributed by atoms with E-state index in [1.165, 1.54) is 4.90 Å². The van der Waals surface area contributed by atoms with E-state index in [9.17, 15) is 4.79 Å². The van der Waals surface area contributed by atoms with Gasteiger partial charge in [0.2, 0.25) is 10.5 Å². The lowest BCUT2D eigenvalue weighted by molar-refractivity contribution is -0.930. The molecule has 4 aromatic rings. The molecule has 7 nitrogen and oxygen atoms in total. The highest BCUT2D eigenvalue weighted by atomic mass is 32.1. The van der Waals surface area contributed by atoms with Gasteiger partial charge in [0.15, 0.2) is 6.67 Å². The summed E-state index contributed by atoms with van der Waals surface area (Å²) in [5.74, 6) is 0.542. The quantitative estimate of drug-likeness (QED) is 0.520. The molecule has 0 amide bonds. The molecule has 2 aromatic heterocycles. The molecule has 29 heavy (non-hydrogen) atoms. The van der Waals surface area contributed by atoms with Gasteiger partial charge in [-0.3, -0.25) is 9.20 Å². The largest absolute Gasteiger partial charge is 0.370 e. The van der Waals surface area contributed by atoms with Crippen LogP contribution < -0.4 is 10.5 Å². The molecule has 1 aliphatic heterocycles. The van der Waals surface area contributed by atoms with Crippen LogP contribution in [0.15, 0.2) is 53.3 Å². The van der Waals surface area contributed by atoms with Gasteiger partial charge < -0.3 is 9.64 Å². The Balaban J connectivity index is 1.82. The third kappa shape index (κ3) is 3.00. The highest BCUT2D eigenvalue weighted by Crippen LogP contribution is 2.19. The summed E-state index contributed by atoms with van der Waals surface area (Å²) in [6.45, 7) is 5.97. The van der Waals surface area contributed by atoms with E-state index in [-0.39, 0.29) is 5.56 Å². The molecule has 1 saturated heterocycles. The Hall–Kier alpha value is -2.81. The average molecular weight is 409 g/mol. The van der Waals surface area contributed by atoms with Crippen molar-refractivity contribution in [3.63, 3.8) is 0 Å². The molecule has 0 aliphatic carbocycles. The summed E-state index contributed by atoms with van der Waals surface area (Å²) in [6.07, 6.45) is 0. The van der Waals surface area contributed by atoms with Crippen molar-refractivity contribution >= 4 is 28.9 Å². The van der Waals surface area contributed by atoms with Gasteiger partial charge in [0, 0.05) is 0 Å². The first kappa shape index (κ1) is 18.2. The van der Waals surface area contributed by atoms with Gasteiger partial charge in [0.25, 0.3) is 5.56 Å². The maximum absolute atomic E-state index is 13.5. The minimum Gasteiger partial charge on any atom is -0.370 e. The van der Waals surface area contributed by atoms with Crippen LogP contribution >= 0.6 is 12.2 Å². The van der Waals surface area contributed by atoms with Crippen LogP contribution in [0.2, 0.25) is 0 Å². The van der Waals surface area contributed by atoms with Crippen molar-refractivity contribution in [2.24, 2.45) is 0 Å². The number of ether oxygens (including phenoxy) is 1. The minimum atomic E-state index is -0.0896. The number of hydrogen-bond donors (Lipinski definition) is 1. The van der Waals surface area contributed by atoms with E-state index in [4.69, 9.17) is 22.1 Å². The van der Waals surface area contributed by atoms with Gasteiger partial charge in [0.1, 0.15) is 13.1 Å². The highest BCUT2D eigenvalue weighted by molar-refractivity contribution is 7.71. The van der Waals surface area contributed by atoms with Gasteiger partial charge in [0.05, 0.1) is 29.8 Å². The van der Waals surface area contributed by atoms with Gasteiger partial charge >= 0.3 is 0 Å². The molecule has 2 aromatic carbocycles. The van der Waals surface area contributed by atoms with E-state index >= 15 is 0 Å². The number of fused-ring (bicyclic) bond motifs is 3. The van der Waals surface area contributed by atoms with Gasteiger partial charge in [-0.05, 0) is 42.9 Å². The van der Waals surface area contributed by atoms with Gasteiger partial charge in [-0.2, -0.15) is 4.68 Å². The average Bonchev–Trinajstić information content (AvgIpc) is 3.06. The lowest BCUT2D eigenvalue weighted by Crippen LogP contribution is -3.13. The number of aromatic nitrogens is 4. The van der Waals surface area contributed by atoms with Crippen molar-refractivity contribution in [1.82, 2.24) is 18.7 Å². The molecular formula is C21H22N5O2S+. The molecule has 1 fully saturated rings. The summed E-state index contributed by atoms with van der Waals surface area (Å²) < 4.78 is 11.5. The maximum atomic E-state index is 13.5. The zero-order valence-corrected chi connectivity index (χ0v) is 17.0. The zero-order valence-electron chi connectivity index (χ0n) is 16.2. The Morgan fingerprint density at radius 1 is 1.10 bits per heavy atom. The Labute approximate surface area is 172 Å². The summed E-state index contributed by atoms with van der Waals surface area (Å²) >= 11 is 5.81. The van der Waals surface area contributed by atoms with Crippen molar-refractivity contribution < 1.29 is 9.64 Å². The van der Waals surface area contributed by atoms with Crippen molar-refractivity contribution in [3.05, 3.63) is 69.2 Å². The highest BCUT2D eigenvalue weighted by Gasteiger charge is 2.20. The predicted octanol–water partition coefficient (Wildman–Crippen LogP) is 1.35. The van der Waals surface area contributed by atoms with Gasteiger partial charge in [-0.25, -0.2) is 4.57 Å². The smallest absolute Gasteiger partial charge is 0.267 e. The monoisotopic (exact) mass is 408 g/mol. The molecule has 1 aliphatic rings. The van der Waals surface area contributed by atoms with Crippen molar-refractivity contribution in [1.29, 1.82) is 0 Å². The third-order valence-electron chi connectivity index (χ3n) is 5.53. The van der Waals surface area contributed by atoms with Gasteiger partial charge in [-0.15, -0.1) is 5.10 Å². The van der Waals surface area contributed by atoms with E-state index in [1.807, 2.05) is 64.5 Å². The standard InChI is InChI=1S/C21H21N5O2S/c1-15-6-2-4-8-17(15)25-19(27)16-7-3-5-9-18(16)26-20(25)22-24(21(26)29)14-23-10-12-28-13-11-23/h2-9H,10-14H2,1H3/p+1. The van der Waals surface area contributed by atoms with E-state index < -0.39 is 0 Å². The number of nitrogens with one attached hydrogen (secondary N) is 1. The molecule has 0 bridgehead atoms. The molecule has 0 radical (unpaired) electrons. The molecule has 0 spiro atoms. The van der Waals surface area contributed by atoms with Crippen LogP contribution in [0.25, 0.3) is 22.4 Å². The van der Waals surface area contributed by atoms with Crippen LogP contribution in [0, 0.1) is 11.7 Å². The lowest BCUT2D eigenvalue weighted by atomic mass is 10.2. The van der Waals surface area contributed by atoms with Crippen molar-refractivity contribution in [2.75, 3.05) is 26.3 Å². The minimum absolute atomic E-state index is 0.0896. The summed E-state index contributed by atoms with van der Waals surface area (Å²) in [5.41, 5.74) is 2.52. The second kappa shape index (κ2) is 7.22. The Kier molecular flexibility index (Phi) is 4.54. The Morgan fingerprint density at radius 2 is 1.83 bits per heavy atom. The van der Waals surface area contributed by atoms with Crippen molar-refractivity contribution in [2.45, 2.75) is 13.6 Å². The summed E-state index contributed by atoms with van der Waals surface area (Å²) in [6, 6.07) is 15.4. The number of aryl methyl sites for hydroxylation is 1. The number of benzene rings is 2. The van der Waals surface area contributed by atoms with Crippen LogP contribution in [0.5, 0.6) is 0 Å². The number of quaternary nitrogens is 1. The van der Waals surface area contributed by atoms with Crippen molar-refractivity contribution in [3.8, 4) is 5.69 Å². The predicted molar refractivity (Wildman–Crippen MR) is 113 cm³/mol. The second-order valence-electron chi connectivity index (χ2n) is 7.38. The number of hydrogen-bond acceptors (Lipinski definition) is 4. The fraction of sp³-hybridized carbons (Fsp3) is 0.286. The van der Waals surface area contributed by atoms with E-state index in [1.54, 1.807) is 4.57 Å². The molecule has 0 atom stereocenters. The zero-order chi connectivity index (χ0) is 20.0. The number of para-hydroxylation sites is 2. The molecular weight excluding hydrogens is 386 g/mol. The molecule has 0 unspecified atom stereocenters. The number of nitrogens with zero attached hydrogens (tertiary/aromatic N) is 4. The second-order valence-corrected chi connectivity index (χ2v) is 7.75. The van der Waals surface area contributed by atoms with E-state index in [2.05, 4.69) is 0 Å². The number of rotatable bonds is 3. The topological polar surface area (TPSA) is 57.9 Å². The normalized spacial score (nSPS) is 15.3. The first-order chi connectivity index (χ1) is 14.1. The first-order valence-corrected chi connectivity index (χ1v) is 10.2. The molecule has 1 N–H and O–H groups in total. The fourth-order valence-electron chi connectivity index (χ4n) is 3.98. The first-order valence-electron chi connectivity index (χ1n) is 9.76. The number of morpholine rings is 1. The molecule has 5 rings (SSSR count). The Morgan fingerprint density at radius 3 is 2.62 bits per heavy atom.